The zero-order valence-corrected chi connectivity index (χ0v) is 9.83. The number of hydrogen-bond acceptors (Lipinski definition) is 3. The first-order valence-electron chi connectivity index (χ1n) is 5.95. The molecule has 3 heteroatoms. The van der Waals surface area contributed by atoms with Crippen LogP contribution in [0.4, 0.5) is 0 Å². The molecule has 3 nitrogen and oxygen atoms in total. The van der Waals surface area contributed by atoms with E-state index in [1.54, 1.807) is 7.11 Å². The van der Waals surface area contributed by atoms with Crippen molar-refractivity contribution >= 4 is 0 Å². The van der Waals surface area contributed by atoms with Crippen molar-refractivity contribution in [1.29, 1.82) is 0 Å². The maximum absolute atomic E-state index is 5.13. The Bertz CT molecular complexity index is 304. The smallest absolute Gasteiger partial charge is 0.118 e. The molecule has 0 saturated carbocycles. The maximum Gasteiger partial charge on any atom is 0.118 e. The van der Waals surface area contributed by atoms with E-state index >= 15 is 0 Å². The Morgan fingerprint density at radius 3 is 2.81 bits per heavy atom. The summed E-state index contributed by atoms with van der Waals surface area (Å²) in [6.45, 7) is 3.20. The molecule has 1 aliphatic heterocycles. The van der Waals surface area contributed by atoms with Crippen molar-refractivity contribution in [3.8, 4) is 5.75 Å². The van der Waals surface area contributed by atoms with E-state index in [1.165, 1.54) is 24.9 Å². The summed E-state index contributed by atoms with van der Waals surface area (Å²) in [6.07, 6.45) is 2.56. The van der Waals surface area contributed by atoms with Gasteiger partial charge in [0.2, 0.25) is 0 Å². The van der Waals surface area contributed by atoms with E-state index in [1.807, 2.05) is 12.1 Å². The van der Waals surface area contributed by atoms with E-state index in [9.17, 15) is 0 Å². The van der Waals surface area contributed by atoms with Crippen LogP contribution in [0.5, 0.6) is 5.75 Å². The molecule has 0 amide bonds. The highest BCUT2D eigenvalue weighted by molar-refractivity contribution is 5.27. The SMILES string of the molecule is COc1ccc(CNC2CCCNC2)cc1. The van der Waals surface area contributed by atoms with Gasteiger partial charge < -0.3 is 15.4 Å². The zero-order valence-electron chi connectivity index (χ0n) is 9.83. The third-order valence-corrected chi connectivity index (χ3v) is 3.05. The number of piperidine rings is 1. The quantitative estimate of drug-likeness (QED) is 0.807. The highest BCUT2D eigenvalue weighted by Gasteiger charge is 2.11. The molecule has 1 aromatic carbocycles. The lowest BCUT2D eigenvalue weighted by Crippen LogP contribution is -2.42. The van der Waals surface area contributed by atoms with Crippen LogP contribution in [0.15, 0.2) is 24.3 Å². The standard InChI is InChI=1S/C13H20N2O/c1-16-13-6-4-11(5-7-13)9-15-12-3-2-8-14-10-12/h4-7,12,14-15H,2-3,8-10H2,1H3. The Morgan fingerprint density at radius 1 is 1.38 bits per heavy atom. The first kappa shape index (κ1) is 11.4. The summed E-state index contributed by atoms with van der Waals surface area (Å²) in [7, 11) is 1.70. The van der Waals surface area contributed by atoms with Gasteiger partial charge in [-0.1, -0.05) is 12.1 Å². The molecule has 0 spiro atoms. The minimum Gasteiger partial charge on any atom is -0.497 e. The fourth-order valence-corrected chi connectivity index (χ4v) is 2.03. The summed E-state index contributed by atoms with van der Waals surface area (Å²) >= 11 is 0. The van der Waals surface area contributed by atoms with Gasteiger partial charge in [0.25, 0.3) is 0 Å². The minimum absolute atomic E-state index is 0.621. The molecule has 2 rings (SSSR count). The lowest BCUT2D eigenvalue weighted by molar-refractivity contribution is 0.388. The first-order chi connectivity index (χ1) is 7.88. The number of hydrogen-bond donors (Lipinski definition) is 2. The van der Waals surface area contributed by atoms with E-state index in [-0.39, 0.29) is 0 Å². The van der Waals surface area contributed by atoms with Crippen LogP contribution in [0.3, 0.4) is 0 Å². The van der Waals surface area contributed by atoms with Crippen molar-refractivity contribution in [1.82, 2.24) is 10.6 Å². The second-order valence-electron chi connectivity index (χ2n) is 4.27. The average molecular weight is 220 g/mol. The van der Waals surface area contributed by atoms with E-state index < -0.39 is 0 Å². The van der Waals surface area contributed by atoms with E-state index in [0.717, 1.165) is 18.8 Å². The molecule has 0 bridgehead atoms. The molecular weight excluding hydrogens is 200 g/mol. The lowest BCUT2D eigenvalue weighted by atomic mass is 10.1. The minimum atomic E-state index is 0.621. The van der Waals surface area contributed by atoms with E-state index in [4.69, 9.17) is 4.74 Å². The normalized spacial score (nSPS) is 20.7. The van der Waals surface area contributed by atoms with Crippen LogP contribution in [-0.4, -0.2) is 26.2 Å². The van der Waals surface area contributed by atoms with Crippen molar-refractivity contribution in [2.45, 2.75) is 25.4 Å². The van der Waals surface area contributed by atoms with Gasteiger partial charge in [0.05, 0.1) is 7.11 Å². The van der Waals surface area contributed by atoms with Gasteiger partial charge in [0, 0.05) is 19.1 Å². The fourth-order valence-electron chi connectivity index (χ4n) is 2.03. The number of rotatable bonds is 4. The summed E-state index contributed by atoms with van der Waals surface area (Å²) in [5, 5.41) is 6.98. The zero-order chi connectivity index (χ0) is 11.2. The summed E-state index contributed by atoms with van der Waals surface area (Å²) < 4.78 is 5.13. The lowest BCUT2D eigenvalue weighted by Gasteiger charge is -2.23. The number of benzene rings is 1. The molecule has 0 aromatic heterocycles. The van der Waals surface area contributed by atoms with Crippen LogP contribution < -0.4 is 15.4 Å². The number of ether oxygens (including phenoxy) is 1. The van der Waals surface area contributed by atoms with Crippen LogP contribution in [0.25, 0.3) is 0 Å². The predicted molar refractivity (Wildman–Crippen MR) is 65.7 cm³/mol. The molecule has 2 N–H and O–H groups in total. The molecule has 1 atom stereocenters. The monoisotopic (exact) mass is 220 g/mol. The van der Waals surface area contributed by atoms with E-state index in [2.05, 4.69) is 22.8 Å². The third-order valence-electron chi connectivity index (χ3n) is 3.05. The second kappa shape index (κ2) is 5.87. The Morgan fingerprint density at radius 2 is 2.19 bits per heavy atom. The highest BCUT2D eigenvalue weighted by Crippen LogP contribution is 2.11. The van der Waals surface area contributed by atoms with Crippen LogP contribution >= 0.6 is 0 Å². The van der Waals surface area contributed by atoms with Crippen LogP contribution in [0.1, 0.15) is 18.4 Å². The largest absolute Gasteiger partial charge is 0.497 e. The van der Waals surface area contributed by atoms with Crippen molar-refractivity contribution in [2.24, 2.45) is 0 Å². The molecule has 1 aliphatic rings. The molecular formula is C13H20N2O. The van der Waals surface area contributed by atoms with Gasteiger partial charge in [-0.3, -0.25) is 0 Å². The predicted octanol–water partition coefficient (Wildman–Crippen LogP) is 1.54. The molecule has 0 radical (unpaired) electrons. The summed E-state index contributed by atoms with van der Waals surface area (Å²) in [5.74, 6) is 0.920. The van der Waals surface area contributed by atoms with Crippen molar-refractivity contribution in [3.63, 3.8) is 0 Å². The maximum atomic E-state index is 5.13. The molecule has 1 saturated heterocycles. The molecule has 1 unspecified atom stereocenters. The average Bonchev–Trinajstić information content (AvgIpc) is 2.38. The van der Waals surface area contributed by atoms with Gasteiger partial charge in [0.1, 0.15) is 5.75 Å². The Kier molecular flexibility index (Phi) is 4.19. The van der Waals surface area contributed by atoms with Gasteiger partial charge in [-0.2, -0.15) is 0 Å². The number of nitrogens with one attached hydrogen (secondary N) is 2. The van der Waals surface area contributed by atoms with Gasteiger partial charge in [-0.25, -0.2) is 0 Å². The summed E-state index contributed by atoms with van der Waals surface area (Å²) in [6, 6.07) is 8.87. The third kappa shape index (κ3) is 3.22. The van der Waals surface area contributed by atoms with Crippen molar-refractivity contribution in [2.75, 3.05) is 20.2 Å². The molecule has 16 heavy (non-hydrogen) atoms. The van der Waals surface area contributed by atoms with Crippen molar-refractivity contribution < 1.29 is 4.74 Å². The molecule has 1 heterocycles. The first-order valence-corrected chi connectivity index (χ1v) is 5.95. The molecule has 1 fully saturated rings. The Hall–Kier alpha value is -1.06. The van der Waals surface area contributed by atoms with Crippen LogP contribution in [0.2, 0.25) is 0 Å². The Labute approximate surface area is 97.2 Å². The second-order valence-corrected chi connectivity index (χ2v) is 4.27. The molecule has 1 aromatic rings. The fraction of sp³-hybridized carbons (Fsp3) is 0.538. The highest BCUT2D eigenvalue weighted by atomic mass is 16.5. The summed E-state index contributed by atoms with van der Waals surface area (Å²) in [5.41, 5.74) is 1.31. The molecule has 88 valence electrons. The van der Waals surface area contributed by atoms with E-state index in [0.29, 0.717) is 6.04 Å². The number of methoxy groups -OCH3 is 1. The van der Waals surface area contributed by atoms with Gasteiger partial charge in [-0.15, -0.1) is 0 Å². The summed E-state index contributed by atoms with van der Waals surface area (Å²) in [4.78, 5) is 0. The van der Waals surface area contributed by atoms with Crippen LogP contribution in [-0.2, 0) is 6.54 Å². The van der Waals surface area contributed by atoms with Crippen molar-refractivity contribution in [3.05, 3.63) is 29.8 Å². The van der Waals surface area contributed by atoms with Gasteiger partial charge in [-0.05, 0) is 37.1 Å². The van der Waals surface area contributed by atoms with Gasteiger partial charge >= 0.3 is 0 Å². The topological polar surface area (TPSA) is 33.3 Å². The molecule has 0 aliphatic carbocycles. The van der Waals surface area contributed by atoms with Gasteiger partial charge in [0.15, 0.2) is 0 Å². The van der Waals surface area contributed by atoms with Crippen LogP contribution in [0, 0.1) is 0 Å². The Balaban J connectivity index is 1.79.